The minimum Gasteiger partial charge on any atom is -0.342 e. The van der Waals surface area contributed by atoms with Crippen LogP contribution in [0.4, 0.5) is 4.39 Å². The Kier molecular flexibility index (Phi) is 4.66. The van der Waals surface area contributed by atoms with E-state index in [0.29, 0.717) is 12.8 Å². The van der Waals surface area contributed by atoms with Crippen molar-refractivity contribution in [1.82, 2.24) is 10.2 Å². The van der Waals surface area contributed by atoms with Crippen molar-refractivity contribution >= 4 is 11.8 Å². The summed E-state index contributed by atoms with van der Waals surface area (Å²) in [5, 5.41) is 2.91. The number of alkyl halides is 1. The summed E-state index contributed by atoms with van der Waals surface area (Å²) < 4.78 is 12.9. The second-order valence-corrected chi connectivity index (χ2v) is 6.11. The maximum absolute atomic E-state index is 12.9. The number of carbonyl (C=O) groups is 2. The van der Waals surface area contributed by atoms with Crippen molar-refractivity contribution in [3.05, 3.63) is 0 Å². The summed E-state index contributed by atoms with van der Waals surface area (Å²) in [6, 6.07) is -0.494. The fourth-order valence-electron chi connectivity index (χ4n) is 3.50. The third-order valence-corrected chi connectivity index (χ3v) is 4.96. The fourth-order valence-corrected chi connectivity index (χ4v) is 3.50. The molecule has 2 aliphatic rings. The molecular weight excluding hydrogens is 259 g/mol. The average Bonchev–Trinajstić information content (AvgIpc) is 2.48. The first-order valence-electron chi connectivity index (χ1n) is 7.75. The van der Waals surface area contributed by atoms with E-state index in [2.05, 4.69) is 5.32 Å². The molecule has 4 nitrogen and oxygen atoms in total. The number of nitrogens with one attached hydrogen (secondary N) is 1. The van der Waals surface area contributed by atoms with Crippen LogP contribution < -0.4 is 5.32 Å². The van der Waals surface area contributed by atoms with Crippen LogP contribution >= 0.6 is 0 Å². The Morgan fingerprint density at radius 1 is 1.35 bits per heavy atom. The number of amides is 2. The second-order valence-electron chi connectivity index (χ2n) is 6.11. The van der Waals surface area contributed by atoms with E-state index in [0.717, 1.165) is 25.7 Å². The van der Waals surface area contributed by atoms with Crippen LogP contribution in [0.25, 0.3) is 0 Å². The zero-order chi connectivity index (χ0) is 14.8. The molecule has 1 aliphatic carbocycles. The Hall–Kier alpha value is -1.13. The summed E-state index contributed by atoms with van der Waals surface area (Å²) in [6.45, 7) is 3.40. The minimum absolute atomic E-state index is 0.0409. The molecule has 1 N–H and O–H groups in total. The zero-order valence-corrected chi connectivity index (χ0v) is 12.5. The SMILES string of the molecule is CCC(C)C1NC(=O)C2(CCCCC2)N(CCF)C1=O. The van der Waals surface area contributed by atoms with Gasteiger partial charge in [0.25, 0.3) is 0 Å². The maximum atomic E-state index is 12.9. The van der Waals surface area contributed by atoms with Gasteiger partial charge < -0.3 is 10.2 Å². The predicted molar refractivity (Wildman–Crippen MR) is 74.9 cm³/mol. The molecule has 0 aromatic heterocycles. The predicted octanol–water partition coefficient (Wildman–Crippen LogP) is 2.03. The van der Waals surface area contributed by atoms with Gasteiger partial charge in [0.05, 0.1) is 6.54 Å². The highest BCUT2D eigenvalue weighted by molar-refractivity contribution is 6.00. The van der Waals surface area contributed by atoms with Crippen LogP contribution in [0, 0.1) is 5.92 Å². The van der Waals surface area contributed by atoms with Crippen molar-refractivity contribution in [2.75, 3.05) is 13.2 Å². The monoisotopic (exact) mass is 284 g/mol. The molecule has 2 rings (SSSR count). The lowest BCUT2D eigenvalue weighted by Gasteiger charge is -2.50. The van der Waals surface area contributed by atoms with Gasteiger partial charge in [0.1, 0.15) is 18.3 Å². The molecule has 20 heavy (non-hydrogen) atoms. The number of carbonyl (C=O) groups excluding carboxylic acids is 2. The van der Waals surface area contributed by atoms with Gasteiger partial charge in [-0.05, 0) is 18.8 Å². The Bertz CT molecular complexity index is 380. The van der Waals surface area contributed by atoms with Crippen LogP contribution in [0.3, 0.4) is 0 Å². The van der Waals surface area contributed by atoms with Crippen LogP contribution in [-0.2, 0) is 9.59 Å². The molecule has 114 valence electrons. The summed E-state index contributed by atoms with van der Waals surface area (Å²) in [4.78, 5) is 26.8. The average molecular weight is 284 g/mol. The van der Waals surface area contributed by atoms with Gasteiger partial charge in [-0.15, -0.1) is 0 Å². The van der Waals surface area contributed by atoms with E-state index in [-0.39, 0.29) is 24.3 Å². The van der Waals surface area contributed by atoms with E-state index < -0.39 is 18.3 Å². The number of halogens is 1. The van der Waals surface area contributed by atoms with E-state index in [1.807, 2.05) is 13.8 Å². The molecule has 5 heteroatoms. The van der Waals surface area contributed by atoms with E-state index >= 15 is 0 Å². The number of nitrogens with zero attached hydrogens (tertiary/aromatic N) is 1. The molecule has 1 aliphatic heterocycles. The summed E-state index contributed by atoms with van der Waals surface area (Å²) in [5.74, 6) is -0.0939. The van der Waals surface area contributed by atoms with Crippen molar-refractivity contribution < 1.29 is 14.0 Å². The Balaban J connectivity index is 2.30. The number of rotatable bonds is 4. The van der Waals surface area contributed by atoms with E-state index in [9.17, 15) is 14.0 Å². The van der Waals surface area contributed by atoms with Gasteiger partial charge in [-0.2, -0.15) is 0 Å². The summed E-state index contributed by atoms with van der Waals surface area (Å²) in [6.07, 6.45) is 5.08. The largest absolute Gasteiger partial charge is 0.342 e. The van der Waals surface area contributed by atoms with E-state index in [1.54, 1.807) is 4.90 Å². The number of hydrogen-bond acceptors (Lipinski definition) is 2. The van der Waals surface area contributed by atoms with Crippen molar-refractivity contribution in [3.8, 4) is 0 Å². The lowest BCUT2D eigenvalue weighted by molar-refractivity contribution is -0.161. The van der Waals surface area contributed by atoms with Gasteiger partial charge in [0.2, 0.25) is 11.8 Å². The molecule has 1 saturated heterocycles. The highest BCUT2D eigenvalue weighted by Gasteiger charge is 2.53. The molecule has 2 unspecified atom stereocenters. The quantitative estimate of drug-likeness (QED) is 0.859. The highest BCUT2D eigenvalue weighted by atomic mass is 19.1. The van der Waals surface area contributed by atoms with Gasteiger partial charge in [0, 0.05) is 0 Å². The minimum atomic E-state index is -0.786. The number of piperazine rings is 1. The molecule has 1 spiro atoms. The summed E-state index contributed by atoms with van der Waals surface area (Å²) in [5.41, 5.74) is -0.786. The lowest BCUT2D eigenvalue weighted by Crippen LogP contribution is -2.72. The molecule has 1 saturated carbocycles. The molecule has 1 heterocycles. The summed E-state index contributed by atoms with van der Waals surface area (Å²) >= 11 is 0. The molecule has 0 aromatic rings. The first-order valence-corrected chi connectivity index (χ1v) is 7.75. The second kappa shape index (κ2) is 6.10. The van der Waals surface area contributed by atoms with Gasteiger partial charge in [-0.3, -0.25) is 9.59 Å². The van der Waals surface area contributed by atoms with Crippen molar-refractivity contribution in [2.45, 2.75) is 64.0 Å². The van der Waals surface area contributed by atoms with Crippen LogP contribution in [-0.4, -0.2) is 41.5 Å². The van der Waals surface area contributed by atoms with Crippen LogP contribution in [0.1, 0.15) is 52.4 Å². The van der Waals surface area contributed by atoms with E-state index in [4.69, 9.17) is 0 Å². The molecule has 2 fully saturated rings. The summed E-state index contributed by atoms with van der Waals surface area (Å²) in [7, 11) is 0. The first kappa shape index (κ1) is 15.3. The Labute approximate surface area is 120 Å². The van der Waals surface area contributed by atoms with Crippen LogP contribution in [0.15, 0.2) is 0 Å². The highest BCUT2D eigenvalue weighted by Crippen LogP contribution is 2.37. The zero-order valence-electron chi connectivity index (χ0n) is 12.5. The Morgan fingerprint density at radius 3 is 2.55 bits per heavy atom. The standard InChI is InChI=1S/C15H25FN2O2/c1-3-11(2)12-13(19)18(10-9-16)15(14(20)17-12)7-5-4-6-8-15/h11-12H,3-10H2,1-2H3,(H,17,20). The maximum Gasteiger partial charge on any atom is 0.246 e. The molecular formula is C15H25FN2O2. The van der Waals surface area contributed by atoms with Gasteiger partial charge in [-0.1, -0.05) is 39.5 Å². The molecule has 2 amide bonds. The Morgan fingerprint density at radius 2 is 2.00 bits per heavy atom. The third kappa shape index (κ3) is 2.42. The molecule has 2 atom stereocenters. The lowest BCUT2D eigenvalue weighted by atomic mass is 9.76. The third-order valence-electron chi connectivity index (χ3n) is 4.96. The van der Waals surface area contributed by atoms with Crippen molar-refractivity contribution in [2.24, 2.45) is 5.92 Å². The topological polar surface area (TPSA) is 49.4 Å². The first-order chi connectivity index (χ1) is 9.56. The van der Waals surface area contributed by atoms with Gasteiger partial charge >= 0.3 is 0 Å². The number of hydrogen-bond donors (Lipinski definition) is 1. The van der Waals surface area contributed by atoms with Crippen LogP contribution in [0.2, 0.25) is 0 Å². The van der Waals surface area contributed by atoms with Crippen molar-refractivity contribution in [1.29, 1.82) is 0 Å². The normalized spacial score (nSPS) is 27.6. The molecule has 0 radical (unpaired) electrons. The van der Waals surface area contributed by atoms with Crippen LogP contribution in [0.5, 0.6) is 0 Å². The van der Waals surface area contributed by atoms with E-state index in [1.165, 1.54) is 0 Å². The van der Waals surface area contributed by atoms with Gasteiger partial charge in [-0.25, -0.2) is 4.39 Å². The fraction of sp³-hybridized carbons (Fsp3) is 0.867. The smallest absolute Gasteiger partial charge is 0.246 e. The molecule has 0 bridgehead atoms. The van der Waals surface area contributed by atoms with Gasteiger partial charge in [0.15, 0.2) is 0 Å². The molecule has 0 aromatic carbocycles. The van der Waals surface area contributed by atoms with Crippen molar-refractivity contribution in [3.63, 3.8) is 0 Å².